The quantitative estimate of drug-likeness (QED) is 0.392. The van der Waals surface area contributed by atoms with Gasteiger partial charge >= 0.3 is 12.0 Å². The Balaban J connectivity index is 1.50. The summed E-state index contributed by atoms with van der Waals surface area (Å²) < 4.78 is 28.9. The van der Waals surface area contributed by atoms with E-state index in [1.54, 1.807) is 24.3 Å². The molecule has 0 spiro atoms. The summed E-state index contributed by atoms with van der Waals surface area (Å²) in [5.74, 6) is -0.703. The van der Waals surface area contributed by atoms with Crippen LogP contribution in [-0.2, 0) is 16.1 Å². The van der Waals surface area contributed by atoms with Gasteiger partial charge in [0.2, 0.25) is 5.76 Å². The number of ether oxygens (including phenoxy) is 1. The van der Waals surface area contributed by atoms with Crippen molar-refractivity contribution in [1.82, 2.24) is 10.2 Å². The van der Waals surface area contributed by atoms with Crippen LogP contribution in [0.3, 0.4) is 0 Å². The average Bonchev–Trinajstić information content (AvgIpc) is 3.45. The molecule has 0 unspecified atom stereocenters. The second-order valence-corrected chi connectivity index (χ2v) is 6.35. The smallest absolute Gasteiger partial charge is 0.373 e. The highest BCUT2D eigenvalue weighted by Crippen LogP contribution is 2.25. The van der Waals surface area contributed by atoms with Gasteiger partial charge in [-0.2, -0.15) is 0 Å². The third kappa shape index (κ3) is 3.72. The number of carbonyl (C=O) groups excluding carboxylic acids is 3. The van der Waals surface area contributed by atoms with Crippen molar-refractivity contribution in [2.75, 3.05) is 7.11 Å². The minimum absolute atomic E-state index is 0.0138. The van der Waals surface area contributed by atoms with E-state index in [9.17, 15) is 18.8 Å². The number of nitrogens with one attached hydrogen (secondary N) is 1. The molecule has 1 aromatic carbocycles. The first-order valence-electron chi connectivity index (χ1n) is 8.82. The van der Waals surface area contributed by atoms with Crippen LogP contribution in [0, 0.1) is 5.82 Å². The number of carbonyl (C=O) groups is 3. The maximum absolute atomic E-state index is 13.4. The van der Waals surface area contributed by atoms with Crippen LogP contribution < -0.4 is 5.32 Å². The zero-order valence-electron chi connectivity index (χ0n) is 15.7. The van der Waals surface area contributed by atoms with Crippen LogP contribution in [0.25, 0.3) is 17.4 Å². The Labute approximate surface area is 169 Å². The number of nitrogens with zero attached hydrogens (tertiary/aromatic N) is 1. The molecule has 30 heavy (non-hydrogen) atoms. The Hall–Kier alpha value is -4.14. The first kappa shape index (κ1) is 19.2. The fourth-order valence-corrected chi connectivity index (χ4v) is 2.91. The molecule has 0 aliphatic carbocycles. The van der Waals surface area contributed by atoms with Gasteiger partial charge in [-0.3, -0.25) is 9.69 Å². The lowest BCUT2D eigenvalue weighted by atomic mass is 10.2. The van der Waals surface area contributed by atoms with Crippen LogP contribution in [0.4, 0.5) is 9.18 Å². The monoisotopic (exact) mass is 410 g/mol. The number of hydrogen-bond donors (Lipinski definition) is 1. The van der Waals surface area contributed by atoms with Crippen molar-refractivity contribution in [2.45, 2.75) is 6.54 Å². The van der Waals surface area contributed by atoms with Crippen molar-refractivity contribution in [3.8, 4) is 11.3 Å². The standard InChI is InChI=1S/C21H15FN2O6/c1-28-20(26)18-8-6-15(30-18)11-24-19(25)16(23-21(24)27)10-14-5-7-17(29-14)12-3-2-4-13(22)9-12/h2-10H,11H2,1H3,(H,23,27)/b16-10-. The predicted octanol–water partition coefficient (Wildman–Crippen LogP) is 3.56. The molecule has 8 nitrogen and oxygen atoms in total. The molecule has 3 aromatic rings. The molecule has 9 heteroatoms. The lowest BCUT2D eigenvalue weighted by Crippen LogP contribution is -2.30. The molecule has 0 atom stereocenters. The van der Waals surface area contributed by atoms with E-state index in [2.05, 4.69) is 10.1 Å². The number of rotatable bonds is 5. The van der Waals surface area contributed by atoms with E-state index in [1.807, 2.05) is 0 Å². The van der Waals surface area contributed by atoms with Gasteiger partial charge < -0.3 is 18.9 Å². The molecule has 0 saturated carbocycles. The molecule has 1 fully saturated rings. The maximum Gasteiger partial charge on any atom is 0.373 e. The first-order chi connectivity index (χ1) is 14.4. The third-order valence-electron chi connectivity index (χ3n) is 4.35. The van der Waals surface area contributed by atoms with E-state index in [1.165, 1.54) is 37.5 Å². The van der Waals surface area contributed by atoms with Gasteiger partial charge in [0.1, 0.15) is 28.8 Å². The molecule has 1 N–H and O–H groups in total. The van der Waals surface area contributed by atoms with Crippen LogP contribution in [0.1, 0.15) is 22.1 Å². The molecule has 1 aliphatic rings. The number of methoxy groups -OCH3 is 1. The fourth-order valence-electron chi connectivity index (χ4n) is 2.91. The Morgan fingerprint density at radius 1 is 1.17 bits per heavy atom. The van der Waals surface area contributed by atoms with Gasteiger partial charge in [0.05, 0.1) is 13.7 Å². The van der Waals surface area contributed by atoms with E-state index in [0.29, 0.717) is 17.1 Å². The SMILES string of the molecule is COC(=O)c1ccc(CN2C(=O)N/C(=C\c3ccc(-c4cccc(F)c4)o3)C2=O)o1. The Morgan fingerprint density at radius 2 is 2.00 bits per heavy atom. The summed E-state index contributed by atoms with van der Waals surface area (Å²) in [6.07, 6.45) is 1.38. The van der Waals surface area contributed by atoms with Crippen LogP contribution in [0.5, 0.6) is 0 Å². The van der Waals surface area contributed by atoms with Gasteiger partial charge in [-0.05, 0) is 36.4 Å². The number of imide groups is 1. The molecule has 3 amide bonds. The number of furan rings is 2. The second-order valence-electron chi connectivity index (χ2n) is 6.35. The number of amides is 3. The molecular formula is C21H15FN2O6. The van der Waals surface area contributed by atoms with Gasteiger partial charge in [-0.15, -0.1) is 0 Å². The van der Waals surface area contributed by atoms with Gasteiger partial charge in [0.15, 0.2) is 0 Å². The molecule has 0 radical (unpaired) electrons. The highest BCUT2D eigenvalue weighted by Gasteiger charge is 2.34. The van der Waals surface area contributed by atoms with Gasteiger partial charge in [0.25, 0.3) is 5.91 Å². The van der Waals surface area contributed by atoms with Gasteiger partial charge in [-0.1, -0.05) is 12.1 Å². The summed E-state index contributed by atoms with van der Waals surface area (Å²) in [6.45, 7) is -0.161. The maximum atomic E-state index is 13.4. The summed E-state index contributed by atoms with van der Waals surface area (Å²) in [4.78, 5) is 37.2. The highest BCUT2D eigenvalue weighted by molar-refractivity contribution is 6.13. The van der Waals surface area contributed by atoms with Crippen molar-refractivity contribution in [3.05, 3.63) is 77.3 Å². The molecule has 2 aromatic heterocycles. The summed E-state index contributed by atoms with van der Waals surface area (Å²) in [5, 5.41) is 2.47. The largest absolute Gasteiger partial charge is 0.463 e. The first-order valence-corrected chi connectivity index (χ1v) is 8.82. The van der Waals surface area contributed by atoms with E-state index < -0.39 is 23.7 Å². The van der Waals surface area contributed by atoms with Crippen molar-refractivity contribution in [3.63, 3.8) is 0 Å². The number of halogens is 1. The van der Waals surface area contributed by atoms with Crippen LogP contribution in [0.2, 0.25) is 0 Å². The molecule has 3 heterocycles. The Kier molecular flexibility index (Phi) is 4.93. The summed E-state index contributed by atoms with van der Waals surface area (Å²) in [5.41, 5.74) is 0.558. The number of urea groups is 1. The molecule has 1 aliphatic heterocycles. The van der Waals surface area contributed by atoms with Crippen LogP contribution >= 0.6 is 0 Å². The van der Waals surface area contributed by atoms with Crippen molar-refractivity contribution in [1.29, 1.82) is 0 Å². The fraction of sp³-hybridized carbons (Fsp3) is 0.0952. The van der Waals surface area contributed by atoms with Crippen molar-refractivity contribution in [2.24, 2.45) is 0 Å². The van der Waals surface area contributed by atoms with Gasteiger partial charge in [-0.25, -0.2) is 14.0 Å². The summed E-state index contributed by atoms with van der Waals surface area (Å²) in [6, 6.07) is 11.4. The summed E-state index contributed by atoms with van der Waals surface area (Å²) >= 11 is 0. The molecule has 4 rings (SSSR count). The van der Waals surface area contributed by atoms with Crippen LogP contribution in [-0.4, -0.2) is 29.9 Å². The van der Waals surface area contributed by atoms with E-state index in [0.717, 1.165) is 4.90 Å². The zero-order valence-corrected chi connectivity index (χ0v) is 15.7. The topological polar surface area (TPSA) is 102 Å². The number of benzene rings is 1. The minimum atomic E-state index is -0.661. The zero-order chi connectivity index (χ0) is 21.3. The lowest BCUT2D eigenvalue weighted by molar-refractivity contribution is -0.123. The highest BCUT2D eigenvalue weighted by atomic mass is 19.1. The van der Waals surface area contributed by atoms with E-state index in [4.69, 9.17) is 8.83 Å². The van der Waals surface area contributed by atoms with Gasteiger partial charge in [0, 0.05) is 11.6 Å². The van der Waals surface area contributed by atoms with Crippen molar-refractivity contribution < 1.29 is 32.3 Å². The third-order valence-corrected chi connectivity index (χ3v) is 4.35. The number of esters is 1. The Morgan fingerprint density at radius 3 is 2.77 bits per heavy atom. The van der Waals surface area contributed by atoms with E-state index >= 15 is 0 Å². The predicted molar refractivity (Wildman–Crippen MR) is 101 cm³/mol. The molecule has 152 valence electrons. The lowest BCUT2D eigenvalue weighted by Gasteiger charge is -2.09. The van der Waals surface area contributed by atoms with Crippen LogP contribution in [0.15, 0.2) is 63.1 Å². The summed E-state index contributed by atoms with van der Waals surface area (Å²) in [7, 11) is 1.22. The molecule has 0 bridgehead atoms. The minimum Gasteiger partial charge on any atom is -0.463 e. The molecule has 1 saturated heterocycles. The number of hydrogen-bond acceptors (Lipinski definition) is 6. The van der Waals surface area contributed by atoms with E-state index in [-0.39, 0.29) is 23.8 Å². The Bertz CT molecular complexity index is 1180. The average molecular weight is 410 g/mol. The second kappa shape index (κ2) is 7.70. The normalized spacial score (nSPS) is 15.0. The molecular weight excluding hydrogens is 395 g/mol. The van der Waals surface area contributed by atoms with Crippen molar-refractivity contribution >= 4 is 24.0 Å².